The average Bonchev–Trinajstić information content (AvgIpc) is 2.92. The van der Waals surface area contributed by atoms with E-state index in [4.69, 9.17) is 0 Å². The van der Waals surface area contributed by atoms with Gasteiger partial charge in [0.25, 0.3) is 0 Å². The predicted octanol–water partition coefficient (Wildman–Crippen LogP) is 6.34. The lowest BCUT2D eigenvalue weighted by atomic mass is 9.97. The number of fused-ring (bicyclic) bond motifs is 3. The van der Waals surface area contributed by atoms with Crippen molar-refractivity contribution >= 4 is 28.6 Å². The van der Waals surface area contributed by atoms with Crippen molar-refractivity contribution in [2.24, 2.45) is 0 Å². The van der Waals surface area contributed by atoms with Crippen LogP contribution in [0.5, 0.6) is 0 Å². The molecule has 0 bridgehead atoms. The fraction of sp³-hybridized carbons (Fsp3) is 0.185. The maximum absolute atomic E-state index is 2.50. The van der Waals surface area contributed by atoms with Crippen molar-refractivity contribution in [1.82, 2.24) is 0 Å². The van der Waals surface area contributed by atoms with E-state index in [-0.39, 0.29) is 0 Å². The molecule has 0 aliphatic carbocycles. The number of rotatable bonds is 2. The highest BCUT2D eigenvalue weighted by atomic mass is 31.2. The predicted molar refractivity (Wildman–Crippen MR) is 125 cm³/mol. The number of hydrogen-bond acceptors (Lipinski definition) is 0. The van der Waals surface area contributed by atoms with Gasteiger partial charge in [0.1, 0.15) is 0 Å². The average molecular weight is 381 g/mol. The van der Waals surface area contributed by atoms with E-state index in [0.717, 1.165) is 0 Å². The van der Waals surface area contributed by atoms with Crippen LogP contribution in [-0.4, -0.2) is 5.66 Å². The van der Waals surface area contributed by atoms with E-state index >= 15 is 0 Å². The molecule has 0 radical (unpaired) electrons. The highest BCUT2D eigenvalue weighted by molar-refractivity contribution is 7.89. The fourth-order valence-corrected chi connectivity index (χ4v) is 9.86. The summed E-state index contributed by atoms with van der Waals surface area (Å²) in [7, 11) is -1.57. The molecule has 0 saturated heterocycles. The molecule has 1 unspecified atom stereocenters. The minimum Gasteiger partial charge on any atom is -0.0620 e. The fourth-order valence-electron chi connectivity index (χ4n) is 5.02. The van der Waals surface area contributed by atoms with Crippen LogP contribution in [0.1, 0.15) is 24.5 Å². The first-order chi connectivity index (χ1) is 13.8. The maximum Gasteiger partial charge on any atom is 0.0998 e. The Bertz CT molecular complexity index is 1060. The van der Waals surface area contributed by atoms with Crippen LogP contribution >= 0.6 is 7.26 Å². The molecule has 1 aliphatic heterocycles. The van der Waals surface area contributed by atoms with E-state index in [0.29, 0.717) is 5.66 Å². The topological polar surface area (TPSA) is 0 Å². The second-order valence-electron chi connectivity index (χ2n) is 8.01. The van der Waals surface area contributed by atoms with Crippen molar-refractivity contribution in [2.45, 2.75) is 31.6 Å². The van der Waals surface area contributed by atoms with Gasteiger partial charge in [-0.1, -0.05) is 72.8 Å². The van der Waals surface area contributed by atoms with E-state index in [2.05, 4.69) is 104 Å². The van der Waals surface area contributed by atoms with Gasteiger partial charge < -0.3 is 0 Å². The van der Waals surface area contributed by atoms with Gasteiger partial charge in [0.2, 0.25) is 0 Å². The van der Waals surface area contributed by atoms with Gasteiger partial charge in [0.15, 0.2) is 0 Å². The van der Waals surface area contributed by atoms with Crippen LogP contribution < -0.4 is 10.6 Å². The summed E-state index contributed by atoms with van der Waals surface area (Å²) in [6.07, 6.45) is 3.60. The van der Waals surface area contributed by atoms with Gasteiger partial charge in [-0.25, -0.2) is 0 Å². The third-order valence-electron chi connectivity index (χ3n) is 6.56. The van der Waals surface area contributed by atoms with E-state index in [1.807, 2.05) is 0 Å². The second-order valence-corrected chi connectivity index (χ2v) is 12.0. The Balaban J connectivity index is 1.81. The van der Waals surface area contributed by atoms with Crippen molar-refractivity contribution < 1.29 is 0 Å². The van der Waals surface area contributed by atoms with Crippen molar-refractivity contribution in [1.29, 1.82) is 0 Å². The smallest absolute Gasteiger partial charge is 0.0620 e. The third-order valence-corrected chi connectivity index (χ3v) is 11.6. The van der Waals surface area contributed by atoms with Crippen LogP contribution in [0.4, 0.5) is 0 Å². The normalized spacial score (nSPS) is 18.4. The maximum atomic E-state index is 2.50. The minimum atomic E-state index is -1.57. The van der Waals surface area contributed by atoms with Crippen LogP contribution in [-0.2, 0) is 12.6 Å². The molecule has 1 aliphatic rings. The molecule has 0 N–H and O–H groups in total. The largest absolute Gasteiger partial charge is 0.0998 e. The molecule has 1 heteroatoms. The van der Waals surface area contributed by atoms with Crippen molar-refractivity contribution in [3.8, 4) is 0 Å². The Kier molecular flexibility index (Phi) is 4.53. The van der Waals surface area contributed by atoms with E-state index in [9.17, 15) is 0 Å². The summed E-state index contributed by atoms with van der Waals surface area (Å²) < 4.78 is 0. The Hall–Kier alpha value is -2.43. The molecule has 0 aromatic heterocycles. The van der Waals surface area contributed by atoms with Gasteiger partial charge in [0, 0.05) is 5.56 Å². The zero-order valence-electron chi connectivity index (χ0n) is 16.4. The molecule has 5 rings (SSSR count). The van der Waals surface area contributed by atoms with Crippen molar-refractivity contribution in [3.63, 3.8) is 0 Å². The molecule has 0 nitrogen and oxygen atoms in total. The highest BCUT2D eigenvalue weighted by Gasteiger charge is 2.49. The second kappa shape index (κ2) is 7.19. The first-order valence-electron chi connectivity index (χ1n) is 10.3. The molecule has 4 aromatic carbocycles. The highest BCUT2D eigenvalue weighted by Crippen LogP contribution is 2.66. The lowest BCUT2D eigenvalue weighted by Gasteiger charge is -2.32. The molecule has 1 atom stereocenters. The van der Waals surface area contributed by atoms with Crippen LogP contribution in [0.25, 0.3) is 10.8 Å². The first kappa shape index (κ1) is 17.7. The molecule has 0 spiro atoms. The molecular weight excluding hydrogens is 355 g/mol. The summed E-state index contributed by atoms with van der Waals surface area (Å²) in [5, 5.41) is 5.92. The van der Waals surface area contributed by atoms with Crippen LogP contribution in [0.15, 0.2) is 97.1 Å². The van der Waals surface area contributed by atoms with Gasteiger partial charge >= 0.3 is 0 Å². The Morgan fingerprint density at radius 3 is 1.96 bits per heavy atom. The lowest BCUT2D eigenvalue weighted by Crippen LogP contribution is -2.30. The molecule has 1 heterocycles. The van der Waals surface area contributed by atoms with Gasteiger partial charge in [-0.15, -0.1) is 0 Å². The van der Waals surface area contributed by atoms with E-state index < -0.39 is 7.26 Å². The molecule has 28 heavy (non-hydrogen) atoms. The monoisotopic (exact) mass is 381 g/mol. The zero-order valence-corrected chi connectivity index (χ0v) is 17.3. The third kappa shape index (κ3) is 2.79. The zero-order chi connectivity index (χ0) is 19.0. The molecule has 138 valence electrons. The molecule has 0 saturated carbocycles. The number of hydrogen-bond donors (Lipinski definition) is 0. The van der Waals surface area contributed by atoms with Gasteiger partial charge in [0.05, 0.1) is 29.7 Å². The van der Waals surface area contributed by atoms with Crippen LogP contribution in [0.2, 0.25) is 0 Å². The van der Waals surface area contributed by atoms with Gasteiger partial charge in [-0.05, 0) is 60.4 Å². The van der Waals surface area contributed by atoms with Crippen molar-refractivity contribution in [3.05, 3.63) is 108 Å². The molecule has 0 amide bonds. The summed E-state index contributed by atoms with van der Waals surface area (Å²) in [6.45, 7) is 2.50. The standard InChI is InChI=1S/C27H26P/c1-21-16-17-23-19-18-22-10-8-9-15-26(22)27(23)20-28(21,24-11-4-2-5-12-24)25-13-6-3-7-14-25/h2-15,18-19,21H,16-17,20H2,1H3/q+1. The molecular formula is C27H26P+. The van der Waals surface area contributed by atoms with Gasteiger partial charge in [-0.2, -0.15) is 0 Å². The Labute approximate surface area is 168 Å². The molecule has 4 aromatic rings. The number of aryl methyl sites for hydroxylation is 1. The summed E-state index contributed by atoms with van der Waals surface area (Å²) in [5.74, 6) is 0. The van der Waals surface area contributed by atoms with Crippen LogP contribution in [0, 0.1) is 0 Å². The lowest BCUT2D eigenvalue weighted by molar-refractivity contribution is 0.807. The quantitative estimate of drug-likeness (QED) is 0.355. The first-order valence-corrected chi connectivity index (χ1v) is 12.3. The Morgan fingerprint density at radius 1 is 0.679 bits per heavy atom. The summed E-state index contributed by atoms with van der Waals surface area (Å²) in [5.41, 5.74) is 3.81. The SMILES string of the molecule is CC1CCc2ccc3ccccc3c2C[P+]1(c1ccccc1)c1ccccc1. The van der Waals surface area contributed by atoms with Gasteiger partial charge in [-0.3, -0.25) is 0 Å². The minimum absolute atomic E-state index is 0.670. The van der Waals surface area contributed by atoms with E-state index in [1.165, 1.54) is 29.8 Å². The number of benzene rings is 4. The molecule has 0 fully saturated rings. The van der Waals surface area contributed by atoms with Crippen LogP contribution in [0.3, 0.4) is 0 Å². The summed E-state index contributed by atoms with van der Waals surface area (Å²) >= 11 is 0. The van der Waals surface area contributed by atoms with E-state index in [1.54, 1.807) is 21.7 Å². The van der Waals surface area contributed by atoms with Crippen molar-refractivity contribution in [2.75, 3.05) is 0 Å². The summed E-state index contributed by atoms with van der Waals surface area (Å²) in [6, 6.07) is 36.4. The summed E-state index contributed by atoms with van der Waals surface area (Å²) in [4.78, 5) is 0. The Morgan fingerprint density at radius 2 is 1.29 bits per heavy atom.